The summed E-state index contributed by atoms with van der Waals surface area (Å²) in [5.41, 5.74) is 0.912. The molecule has 0 aliphatic heterocycles. The Balaban J connectivity index is 2.03. The number of ether oxygens (including phenoxy) is 1. The van der Waals surface area contributed by atoms with Gasteiger partial charge in [-0.25, -0.2) is 4.79 Å². The lowest BCUT2D eigenvalue weighted by Gasteiger charge is -2.11. The van der Waals surface area contributed by atoms with Crippen LogP contribution in [-0.4, -0.2) is 17.7 Å². The number of hydrogen-bond donors (Lipinski definition) is 2. The van der Waals surface area contributed by atoms with Crippen molar-refractivity contribution in [1.29, 1.82) is 0 Å². The highest BCUT2D eigenvalue weighted by molar-refractivity contribution is 7.13. The highest BCUT2D eigenvalue weighted by Crippen LogP contribution is 2.25. The molecule has 0 unspecified atom stereocenters. The zero-order valence-electron chi connectivity index (χ0n) is 10.6. The minimum Gasteiger partial charge on any atom is -0.492 e. The van der Waals surface area contributed by atoms with Gasteiger partial charge < -0.3 is 15.2 Å². The monoisotopic (exact) mass is 277 g/mol. The van der Waals surface area contributed by atoms with Crippen LogP contribution in [-0.2, 0) is 6.54 Å². The number of anilines is 1. The average Bonchev–Trinajstić information content (AvgIpc) is 2.87. The van der Waals surface area contributed by atoms with Gasteiger partial charge in [0.05, 0.1) is 12.3 Å². The minimum atomic E-state index is -0.883. The van der Waals surface area contributed by atoms with Crippen molar-refractivity contribution in [2.75, 3.05) is 11.9 Å². The Bertz CT molecular complexity index is 565. The minimum absolute atomic E-state index is 0.356. The van der Waals surface area contributed by atoms with E-state index in [1.54, 1.807) is 6.07 Å². The van der Waals surface area contributed by atoms with Gasteiger partial charge in [-0.3, -0.25) is 0 Å². The Morgan fingerprint density at radius 1 is 1.32 bits per heavy atom. The van der Waals surface area contributed by atoms with Gasteiger partial charge in [0, 0.05) is 11.4 Å². The number of para-hydroxylation sites is 2. The van der Waals surface area contributed by atoms with E-state index in [-0.39, 0.29) is 0 Å². The first kappa shape index (κ1) is 13.4. The molecular formula is C14H15NO3S. The summed E-state index contributed by atoms with van der Waals surface area (Å²) < 4.78 is 5.52. The van der Waals surface area contributed by atoms with E-state index in [1.807, 2.05) is 37.3 Å². The van der Waals surface area contributed by atoms with Crippen molar-refractivity contribution in [3.8, 4) is 5.75 Å². The van der Waals surface area contributed by atoms with E-state index in [1.165, 1.54) is 11.3 Å². The van der Waals surface area contributed by atoms with Crippen LogP contribution in [0.25, 0.3) is 0 Å². The lowest BCUT2D eigenvalue weighted by molar-refractivity contribution is 0.0702. The van der Waals surface area contributed by atoms with E-state index in [0.717, 1.165) is 16.3 Å². The Morgan fingerprint density at radius 2 is 2.11 bits per heavy atom. The van der Waals surface area contributed by atoms with Gasteiger partial charge in [-0.15, -0.1) is 11.3 Å². The summed E-state index contributed by atoms with van der Waals surface area (Å²) in [7, 11) is 0. The van der Waals surface area contributed by atoms with E-state index in [0.29, 0.717) is 18.0 Å². The predicted molar refractivity (Wildman–Crippen MR) is 76.2 cm³/mol. The molecule has 0 saturated heterocycles. The van der Waals surface area contributed by atoms with E-state index in [4.69, 9.17) is 9.84 Å². The van der Waals surface area contributed by atoms with Crippen molar-refractivity contribution in [1.82, 2.24) is 0 Å². The van der Waals surface area contributed by atoms with Crippen LogP contribution in [0.1, 0.15) is 21.5 Å². The van der Waals surface area contributed by atoms with Gasteiger partial charge >= 0.3 is 5.97 Å². The molecule has 2 rings (SSSR count). The van der Waals surface area contributed by atoms with Crippen LogP contribution >= 0.6 is 11.3 Å². The first-order valence-electron chi connectivity index (χ1n) is 5.98. The summed E-state index contributed by atoms with van der Waals surface area (Å²) in [6.45, 7) is 3.14. The number of carboxylic acids is 1. The van der Waals surface area contributed by atoms with Gasteiger partial charge in [0.25, 0.3) is 0 Å². The highest BCUT2D eigenvalue weighted by Gasteiger charge is 2.07. The summed E-state index contributed by atoms with van der Waals surface area (Å²) in [4.78, 5) is 12.1. The van der Waals surface area contributed by atoms with Crippen LogP contribution in [0.5, 0.6) is 5.75 Å². The maximum absolute atomic E-state index is 10.8. The number of nitrogens with one attached hydrogen (secondary N) is 1. The average molecular weight is 277 g/mol. The zero-order valence-corrected chi connectivity index (χ0v) is 11.4. The molecule has 1 heterocycles. The van der Waals surface area contributed by atoms with Crippen molar-refractivity contribution in [2.45, 2.75) is 13.5 Å². The second kappa shape index (κ2) is 6.24. The fraction of sp³-hybridized carbons (Fsp3) is 0.214. The van der Waals surface area contributed by atoms with Gasteiger partial charge in [-0.2, -0.15) is 0 Å². The number of hydrogen-bond acceptors (Lipinski definition) is 4. The van der Waals surface area contributed by atoms with Crippen molar-refractivity contribution in [3.05, 3.63) is 46.2 Å². The molecule has 0 saturated carbocycles. The highest BCUT2D eigenvalue weighted by atomic mass is 32.1. The molecule has 19 heavy (non-hydrogen) atoms. The molecule has 4 nitrogen and oxygen atoms in total. The Morgan fingerprint density at radius 3 is 2.79 bits per heavy atom. The van der Waals surface area contributed by atoms with Gasteiger partial charge in [-0.1, -0.05) is 12.1 Å². The number of carboxylic acid groups (broad SMARTS) is 1. The molecule has 0 fully saturated rings. The van der Waals surface area contributed by atoms with Crippen molar-refractivity contribution >= 4 is 23.0 Å². The van der Waals surface area contributed by atoms with Crippen LogP contribution in [0, 0.1) is 0 Å². The Kier molecular flexibility index (Phi) is 4.41. The summed E-state index contributed by atoms with van der Waals surface area (Å²) in [5, 5.41) is 12.1. The molecule has 0 spiro atoms. The molecule has 100 valence electrons. The molecule has 2 aromatic rings. The molecule has 2 N–H and O–H groups in total. The molecule has 1 aromatic carbocycles. The van der Waals surface area contributed by atoms with Crippen molar-refractivity contribution in [3.63, 3.8) is 0 Å². The molecular weight excluding hydrogens is 262 g/mol. The second-order valence-corrected chi connectivity index (χ2v) is 5.02. The fourth-order valence-corrected chi connectivity index (χ4v) is 2.45. The van der Waals surface area contributed by atoms with E-state index >= 15 is 0 Å². The number of benzene rings is 1. The van der Waals surface area contributed by atoms with Gasteiger partial charge in [-0.05, 0) is 31.2 Å². The first-order chi connectivity index (χ1) is 9.20. The third-order valence-corrected chi connectivity index (χ3v) is 3.59. The predicted octanol–water partition coefficient (Wildman–Crippen LogP) is 3.46. The maximum Gasteiger partial charge on any atom is 0.345 e. The second-order valence-electron chi connectivity index (χ2n) is 3.85. The quantitative estimate of drug-likeness (QED) is 0.849. The molecule has 0 amide bonds. The third kappa shape index (κ3) is 3.48. The van der Waals surface area contributed by atoms with Crippen LogP contribution < -0.4 is 10.1 Å². The first-order valence-corrected chi connectivity index (χ1v) is 6.80. The normalized spacial score (nSPS) is 10.2. The van der Waals surface area contributed by atoms with Crippen LogP contribution in [0.4, 0.5) is 5.69 Å². The molecule has 1 aromatic heterocycles. The van der Waals surface area contributed by atoms with Crippen LogP contribution in [0.15, 0.2) is 36.4 Å². The molecule has 0 aliphatic carbocycles. The fourth-order valence-electron chi connectivity index (χ4n) is 1.66. The van der Waals surface area contributed by atoms with E-state index < -0.39 is 5.97 Å². The Labute approximate surface area is 115 Å². The third-order valence-electron chi connectivity index (χ3n) is 2.51. The molecule has 0 bridgehead atoms. The topological polar surface area (TPSA) is 58.6 Å². The molecule has 5 heteroatoms. The smallest absolute Gasteiger partial charge is 0.345 e. The van der Waals surface area contributed by atoms with Crippen molar-refractivity contribution in [2.24, 2.45) is 0 Å². The molecule has 0 aliphatic rings. The summed E-state index contributed by atoms with van der Waals surface area (Å²) in [6, 6.07) is 11.1. The number of rotatable bonds is 6. The van der Waals surface area contributed by atoms with Crippen molar-refractivity contribution < 1.29 is 14.6 Å². The summed E-state index contributed by atoms with van der Waals surface area (Å²) >= 11 is 1.28. The lowest BCUT2D eigenvalue weighted by atomic mass is 10.3. The van der Waals surface area contributed by atoms with Crippen LogP contribution in [0.3, 0.4) is 0 Å². The number of carbonyl (C=O) groups is 1. The van der Waals surface area contributed by atoms with Crippen LogP contribution in [0.2, 0.25) is 0 Å². The van der Waals surface area contributed by atoms with E-state index in [2.05, 4.69) is 5.32 Å². The summed E-state index contributed by atoms with van der Waals surface area (Å²) in [5.74, 6) is -0.0778. The van der Waals surface area contributed by atoms with Gasteiger partial charge in [0.15, 0.2) is 0 Å². The number of aromatic carboxylic acids is 1. The maximum atomic E-state index is 10.8. The zero-order chi connectivity index (χ0) is 13.7. The molecule has 0 radical (unpaired) electrons. The molecule has 0 atom stereocenters. The van der Waals surface area contributed by atoms with Gasteiger partial charge in [0.2, 0.25) is 0 Å². The Hall–Kier alpha value is -2.01. The number of thiophene rings is 1. The SMILES string of the molecule is CCOc1ccccc1NCc1ccc(C(=O)O)s1. The standard InChI is InChI=1S/C14H15NO3S/c1-2-18-12-6-4-3-5-11(12)15-9-10-7-8-13(19-10)14(16)17/h3-8,15H,2,9H2,1H3,(H,16,17). The van der Waals surface area contributed by atoms with Gasteiger partial charge in [0.1, 0.15) is 10.6 Å². The van der Waals surface area contributed by atoms with E-state index in [9.17, 15) is 4.79 Å². The summed E-state index contributed by atoms with van der Waals surface area (Å²) in [6.07, 6.45) is 0. The lowest BCUT2D eigenvalue weighted by Crippen LogP contribution is -2.01. The largest absolute Gasteiger partial charge is 0.492 e.